The van der Waals surface area contributed by atoms with Gasteiger partial charge in [0.15, 0.2) is 5.88 Å². The van der Waals surface area contributed by atoms with Crippen molar-refractivity contribution < 1.29 is 18.1 Å². The molecule has 79 heavy (non-hydrogen) atoms. The van der Waals surface area contributed by atoms with Gasteiger partial charge in [-0.15, -0.1) is 11.3 Å². The normalized spacial score (nSPS) is 16.4. The summed E-state index contributed by atoms with van der Waals surface area (Å²) < 4.78 is 104. The zero-order valence-corrected chi connectivity index (χ0v) is 49.9. The van der Waals surface area contributed by atoms with Crippen molar-refractivity contribution in [3.8, 4) is 21.8 Å². The van der Waals surface area contributed by atoms with Crippen LogP contribution >= 0.6 is 11.3 Å². The fourth-order valence-electron chi connectivity index (χ4n) is 11.8. The summed E-state index contributed by atoms with van der Waals surface area (Å²) in [6, 6.07) is 32.8. The van der Waals surface area contributed by atoms with Gasteiger partial charge in [-0.2, -0.15) is 0 Å². The van der Waals surface area contributed by atoms with E-state index in [0.717, 1.165) is 65.9 Å². The Kier molecular flexibility index (Phi) is 9.56. The Morgan fingerprint density at radius 3 is 1.53 bits per heavy atom. The molecule has 400 valence electrons. The number of nitrogens with zero attached hydrogens (tertiary/aromatic N) is 3. The van der Waals surface area contributed by atoms with Gasteiger partial charge in [-0.05, 0) is 144 Å². The molecule has 0 unspecified atom stereocenters. The predicted molar refractivity (Wildman–Crippen MR) is 342 cm³/mol. The zero-order valence-electron chi connectivity index (χ0n) is 59.1. The molecule has 0 spiro atoms. The lowest BCUT2D eigenvalue weighted by molar-refractivity contribution is 0.585. The third-order valence-electron chi connectivity index (χ3n) is 16.4. The molecule has 0 amide bonds. The topological polar surface area (TPSA) is 22.9 Å². The summed E-state index contributed by atoms with van der Waals surface area (Å²) in [5.74, 6) is -0.298. The Bertz CT molecular complexity index is 4320. The number of furan rings is 1. The Morgan fingerprint density at radius 2 is 1.01 bits per heavy atom. The largest absolute Gasteiger partial charge is 0.440 e. The van der Waals surface area contributed by atoms with Gasteiger partial charge in [-0.1, -0.05) is 215 Å². The maximum Gasteiger partial charge on any atom is 0.269 e. The first-order valence-corrected chi connectivity index (χ1v) is 28.6. The first kappa shape index (κ1) is 42.0. The summed E-state index contributed by atoms with van der Waals surface area (Å²) in [6.07, 6.45) is 0. The molecule has 2 aliphatic heterocycles. The second-order valence-corrected chi connectivity index (χ2v) is 28.7. The Hall–Kier alpha value is -7.02. The van der Waals surface area contributed by atoms with Gasteiger partial charge in [0, 0.05) is 60.3 Å². The lowest BCUT2D eigenvalue weighted by Gasteiger charge is -2.43. The molecule has 0 saturated heterocycles. The number of fused-ring (bicyclic) bond motifs is 8. The fourth-order valence-corrected chi connectivity index (χ4v) is 13.4. The molecule has 0 fully saturated rings. The maximum atomic E-state index is 10.6. The first-order valence-electron chi connectivity index (χ1n) is 32.8. The van der Waals surface area contributed by atoms with Crippen LogP contribution < -0.4 is 30.4 Å². The van der Waals surface area contributed by atoms with Gasteiger partial charge in [-0.25, -0.2) is 0 Å². The minimum atomic E-state index is -0.826. The number of benzene rings is 7. The quantitative estimate of drug-likeness (QED) is 0.155. The zero-order chi connectivity index (χ0) is 64.8. The van der Waals surface area contributed by atoms with Crippen molar-refractivity contribution in [3.63, 3.8) is 0 Å². The number of rotatable bonds is 6. The summed E-state index contributed by atoms with van der Waals surface area (Å²) in [5, 5.41) is 0. The monoisotopic (exact) mass is 1070 g/mol. The average Bonchev–Trinajstić information content (AvgIpc) is 1.59. The van der Waals surface area contributed by atoms with Crippen molar-refractivity contribution in [1.82, 2.24) is 0 Å². The minimum Gasteiger partial charge on any atom is -0.440 e. The second kappa shape index (κ2) is 18.0. The Balaban J connectivity index is 1.29. The van der Waals surface area contributed by atoms with E-state index >= 15 is 0 Å². The van der Waals surface area contributed by atoms with Crippen LogP contribution in [0.1, 0.15) is 170 Å². The smallest absolute Gasteiger partial charge is 0.269 e. The third-order valence-corrected chi connectivity index (χ3v) is 17.7. The van der Waals surface area contributed by atoms with Crippen LogP contribution in [-0.4, -0.2) is 6.71 Å². The number of thiophene rings is 1. The number of hydrogen-bond donors (Lipinski definition) is 0. The summed E-state index contributed by atoms with van der Waals surface area (Å²) in [4.78, 5) is 7.28. The lowest BCUT2D eigenvalue weighted by atomic mass is 9.36. The predicted octanol–water partition coefficient (Wildman–Crippen LogP) is 19.4. The van der Waals surface area contributed by atoms with Crippen LogP contribution in [0.25, 0.3) is 21.8 Å². The van der Waals surface area contributed by atoms with E-state index in [1.807, 2.05) is 26.8 Å². The van der Waals surface area contributed by atoms with E-state index in [1.54, 1.807) is 16.2 Å². The van der Waals surface area contributed by atoms with Crippen LogP contribution in [0.15, 0.2) is 168 Å². The molecule has 4 heterocycles. The van der Waals surface area contributed by atoms with Gasteiger partial charge in [0.1, 0.15) is 5.76 Å². The highest BCUT2D eigenvalue weighted by Gasteiger charge is 2.52. The SMILES string of the molecule is [2H]c1c([2H])c([2H])c(-c2oc3c(c2[2H])B2c4sc5c(c4N(c4ccc(C(C)(C)C)cc4)c4cc(N(c6ccc(C(C)(C)C)cc6)c6ccc(C(C)(C)C)cc6)cc(c42)N3c2c([2H])c([2H])c(C(C)(C)C)c([2H])c2[2H])C(C)(C)c2cc(C(C)(C)C)ccc2-5)c([2H])c1[2H]. The maximum absolute atomic E-state index is 10.6. The molecule has 1 aliphatic carbocycles. The minimum absolute atomic E-state index is 0.0192. The van der Waals surface area contributed by atoms with E-state index in [2.05, 4.69) is 204 Å². The van der Waals surface area contributed by atoms with E-state index in [4.69, 9.17) is 8.53 Å². The molecule has 9 aromatic rings. The Morgan fingerprint density at radius 1 is 0.519 bits per heavy atom. The molecule has 0 radical (unpaired) electrons. The summed E-state index contributed by atoms with van der Waals surface area (Å²) in [5.41, 5.74) is 12.2. The lowest BCUT2D eigenvalue weighted by Crippen LogP contribution is -2.60. The molecular formula is C73H78BN3OS. The van der Waals surface area contributed by atoms with E-state index in [9.17, 15) is 9.60 Å². The van der Waals surface area contributed by atoms with Gasteiger partial charge in [0.2, 0.25) is 0 Å². The summed E-state index contributed by atoms with van der Waals surface area (Å²) >= 11 is 1.65. The van der Waals surface area contributed by atoms with Gasteiger partial charge >= 0.3 is 0 Å². The summed E-state index contributed by atoms with van der Waals surface area (Å²) in [7, 11) is 0. The first-order chi connectivity index (χ1) is 41.3. The van der Waals surface area contributed by atoms with E-state index in [1.165, 1.54) is 11.1 Å². The van der Waals surface area contributed by atoms with Crippen molar-refractivity contribution in [2.75, 3.05) is 14.7 Å². The van der Waals surface area contributed by atoms with Crippen LogP contribution in [0.2, 0.25) is 0 Å². The molecule has 0 saturated carbocycles. The number of hydrogen-bond acceptors (Lipinski definition) is 5. The van der Waals surface area contributed by atoms with Crippen molar-refractivity contribution in [3.05, 3.63) is 202 Å². The second-order valence-electron chi connectivity index (χ2n) is 27.6. The number of anilines is 9. The van der Waals surface area contributed by atoms with E-state index in [-0.39, 0.29) is 80.3 Å². The Labute approximate surface area is 490 Å². The van der Waals surface area contributed by atoms with Crippen LogP contribution in [0.4, 0.5) is 51.4 Å². The molecule has 12 rings (SSSR count). The molecule has 0 atom stereocenters. The highest BCUT2D eigenvalue weighted by Crippen LogP contribution is 2.60. The van der Waals surface area contributed by atoms with E-state index < -0.39 is 47.8 Å². The molecule has 7 aromatic carbocycles. The highest BCUT2D eigenvalue weighted by atomic mass is 32.1. The summed E-state index contributed by atoms with van der Waals surface area (Å²) in [6.45, 7) is 35.8. The molecular weight excluding hydrogens is 978 g/mol. The molecule has 0 bridgehead atoms. The highest BCUT2D eigenvalue weighted by molar-refractivity contribution is 7.31. The van der Waals surface area contributed by atoms with Crippen molar-refractivity contribution in [1.29, 1.82) is 0 Å². The molecule has 0 N–H and O–H groups in total. The van der Waals surface area contributed by atoms with Crippen molar-refractivity contribution in [2.24, 2.45) is 0 Å². The molecule has 2 aromatic heterocycles. The van der Waals surface area contributed by atoms with Crippen LogP contribution in [0.3, 0.4) is 0 Å². The van der Waals surface area contributed by atoms with Crippen LogP contribution in [-0.2, 0) is 32.5 Å². The molecule has 6 heteroatoms. The van der Waals surface area contributed by atoms with E-state index in [0.29, 0.717) is 22.3 Å². The van der Waals surface area contributed by atoms with Crippen LogP contribution in [0, 0.1) is 0 Å². The molecule has 4 nitrogen and oxygen atoms in total. The van der Waals surface area contributed by atoms with Crippen molar-refractivity contribution in [2.45, 2.75) is 150 Å². The van der Waals surface area contributed by atoms with Gasteiger partial charge < -0.3 is 14.2 Å². The standard InChI is InChI=1S/C73H78BN3OS/c1-68(2,3)46-23-32-51(33-24-46)75(52-34-25-47(26-35-52)69(4,5)6)55-42-59-63-60(43-55)77(54-38-29-49(30-39-54)71(10,11)12)67-58(44-61(78-67)45-21-19-18-20-22-45)74(63)66-64(76(59)53-36-27-48(28-37-53)70(7,8)9)62-65(79-66)56-40-31-50(72(13,14)15)41-57(56)73(62,16)17/h18-44H,1-17H3/i18D,19D,20D,21D,22D,29D,30D,38D,39D,44D. The average molecular weight is 1070 g/mol. The fraction of sp³-hybridized carbons (Fsp3) is 0.315. The van der Waals surface area contributed by atoms with Crippen molar-refractivity contribution >= 4 is 85.1 Å². The van der Waals surface area contributed by atoms with Gasteiger partial charge in [0.25, 0.3) is 6.71 Å². The van der Waals surface area contributed by atoms with Gasteiger partial charge in [0.05, 0.1) is 25.1 Å². The third kappa shape index (κ3) is 8.79. The van der Waals surface area contributed by atoms with Gasteiger partial charge in [-0.3, -0.25) is 4.90 Å². The molecule has 3 aliphatic rings. The van der Waals surface area contributed by atoms with Crippen LogP contribution in [0.5, 0.6) is 0 Å².